The van der Waals surface area contributed by atoms with E-state index in [4.69, 9.17) is 5.11 Å². The summed E-state index contributed by atoms with van der Waals surface area (Å²) in [5.41, 5.74) is 0.434. The predicted molar refractivity (Wildman–Crippen MR) is 73.1 cm³/mol. The molecule has 110 valence electrons. The molecular weight excluding hydrogens is 282 g/mol. The van der Waals surface area contributed by atoms with Crippen LogP contribution in [0.4, 0.5) is 0 Å². The van der Waals surface area contributed by atoms with Gasteiger partial charge in [-0.2, -0.15) is 0 Å². The Bertz CT molecular complexity index is 592. The fourth-order valence-corrected chi connectivity index (χ4v) is 2.53. The van der Waals surface area contributed by atoms with Crippen LogP contribution in [0.3, 0.4) is 0 Å². The topological polar surface area (TPSA) is 101 Å². The minimum Gasteiger partial charge on any atom is -0.481 e. The average Bonchev–Trinajstić information content (AvgIpc) is 2.38. The van der Waals surface area contributed by atoms with Crippen molar-refractivity contribution in [2.45, 2.75) is 25.2 Å². The summed E-state index contributed by atoms with van der Waals surface area (Å²) < 4.78 is 26.2. The first-order valence-corrected chi connectivity index (χ1v) is 7.56. The van der Waals surface area contributed by atoms with Gasteiger partial charge in [0, 0.05) is 12.1 Å². The van der Waals surface area contributed by atoms with Crippen LogP contribution in [0, 0.1) is 5.92 Å². The van der Waals surface area contributed by atoms with Gasteiger partial charge in [0.2, 0.25) is 10.0 Å². The summed E-state index contributed by atoms with van der Waals surface area (Å²) in [7, 11) is -3.68. The van der Waals surface area contributed by atoms with Gasteiger partial charge in [-0.1, -0.05) is 19.1 Å². The van der Waals surface area contributed by atoms with Crippen molar-refractivity contribution in [3.05, 3.63) is 29.8 Å². The third-order valence-electron chi connectivity index (χ3n) is 2.86. The fraction of sp³-hybridized carbons (Fsp3) is 0.385. The molecule has 0 aliphatic carbocycles. The SMILES string of the molecule is CC(=O)c1ccc(S(=O)(=O)NCCC(C)C(=O)O)cc1. The van der Waals surface area contributed by atoms with Gasteiger partial charge in [-0.3, -0.25) is 9.59 Å². The Hall–Kier alpha value is -1.73. The van der Waals surface area contributed by atoms with Crippen molar-refractivity contribution in [1.82, 2.24) is 4.72 Å². The summed E-state index contributed by atoms with van der Waals surface area (Å²) in [6.07, 6.45) is 0.208. The molecule has 0 bridgehead atoms. The fourth-order valence-electron chi connectivity index (χ4n) is 1.49. The largest absolute Gasteiger partial charge is 0.481 e. The number of carbonyl (C=O) groups excluding carboxylic acids is 1. The smallest absolute Gasteiger partial charge is 0.306 e. The lowest BCUT2D eigenvalue weighted by Gasteiger charge is -2.09. The van der Waals surface area contributed by atoms with Crippen molar-refractivity contribution in [2.75, 3.05) is 6.54 Å². The predicted octanol–water partition coefficient (Wildman–Crippen LogP) is 1.28. The zero-order chi connectivity index (χ0) is 15.3. The zero-order valence-electron chi connectivity index (χ0n) is 11.3. The van der Waals surface area contributed by atoms with Crippen LogP contribution in [0.2, 0.25) is 0 Å². The van der Waals surface area contributed by atoms with Crippen LogP contribution in [-0.2, 0) is 14.8 Å². The second-order valence-electron chi connectivity index (χ2n) is 4.51. The average molecular weight is 299 g/mol. The Kier molecular flexibility index (Phi) is 5.41. The highest BCUT2D eigenvalue weighted by atomic mass is 32.2. The second kappa shape index (κ2) is 6.62. The number of sulfonamides is 1. The van der Waals surface area contributed by atoms with E-state index in [0.29, 0.717) is 5.56 Å². The molecule has 0 saturated carbocycles. The van der Waals surface area contributed by atoms with Crippen molar-refractivity contribution in [3.8, 4) is 0 Å². The molecule has 20 heavy (non-hydrogen) atoms. The molecule has 0 fully saturated rings. The maximum atomic E-state index is 11.9. The lowest BCUT2D eigenvalue weighted by atomic mass is 10.1. The maximum absolute atomic E-state index is 11.9. The molecule has 1 aromatic rings. The van der Waals surface area contributed by atoms with E-state index in [0.717, 1.165) is 0 Å². The summed E-state index contributed by atoms with van der Waals surface area (Å²) >= 11 is 0. The number of Topliss-reactive ketones (excluding diaryl/α,β-unsaturated/α-hetero) is 1. The third-order valence-corrected chi connectivity index (χ3v) is 4.34. The Morgan fingerprint density at radius 2 is 1.80 bits per heavy atom. The molecule has 1 aromatic carbocycles. The molecule has 6 nitrogen and oxygen atoms in total. The van der Waals surface area contributed by atoms with E-state index >= 15 is 0 Å². The first-order chi connectivity index (χ1) is 9.24. The van der Waals surface area contributed by atoms with E-state index in [-0.39, 0.29) is 23.6 Å². The van der Waals surface area contributed by atoms with Crippen molar-refractivity contribution in [2.24, 2.45) is 5.92 Å². The Balaban J connectivity index is 2.69. The molecule has 0 radical (unpaired) electrons. The number of hydrogen-bond acceptors (Lipinski definition) is 4. The van der Waals surface area contributed by atoms with Gasteiger partial charge >= 0.3 is 5.97 Å². The molecule has 1 atom stereocenters. The van der Waals surface area contributed by atoms with Gasteiger partial charge in [0.05, 0.1) is 10.8 Å². The van der Waals surface area contributed by atoms with Gasteiger partial charge in [-0.05, 0) is 25.5 Å². The van der Waals surface area contributed by atoms with Gasteiger partial charge in [-0.25, -0.2) is 13.1 Å². The highest BCUT2D eigenvalue weighted by Crippen LogP contribution is 2.11. The normalized spacial score (nSPS) is 12.9. The van der Waals surface area contributed by atoms with Crippen LogP contribution in [0.15, 0.2) is 29.2 Å². The molecule has 0 aliphatic heterocycles. The maximum Gasteiger partial charge on any atom is 0.306 e. The van der Waals surface area contributed by atoms with Crippen LogP contribution in [0.5, 0.6) is 0 Å². The van der Waals surface area contributed by atoms with Gasteiger partial charge in [0.1, 0.15) is 0 Å². The van der Waals surface area contributed by atoms with Gasteiger partial charge in [0.25, 0.3) is 0 Å². The van der Waals surface area contributed by atoms with E-state index in [2.05, 4.69) is 4.72 Å². The van der Waals surface area contributed by atoms with Crippen molar-refractivity contribution >= 4 is 21.8 Å². The van der Waals surface area contributed by atoms with Crippen molar-refractivity contribution in [3.63, 3.8) is 0 Å². The molecule has 1 unspecified atom stereocenters. The molecular formula is C13H17NO5S. The lowest BCUT2D eigenvalue weighted by molar-refractivity contribution is -0.141. The van der Waals surface area contributed by atoms with E-state index in [9.17, 15) is 18.0 Å². The Morgan fingerprint density at radius 1 is 1.25 bits per heavy atom. The molecule has 7 heteroatoms. The van der Waals surface area contributed by atoms with Crippen LogP contribution in [-0.4, -0.2) is 31.8 Å². The van der Waals surface area contributed by atoms with E-state index in [1.54, 1.807) is 0 Å². The Labute approximate surface area is 117 Å². The minimum absolute atomic E-state index is 0.0459. The molecule has 0 aliphatic rings. The summed E-state index contributed by atoms with van der Waals surface area (Å²) in [5.74, 6) is -1.72. The number of aliphatic carboxylic acids is 1. The Morgan fingerprint density at radius 3 is 2.25 bits per heavy atom. The number of carboxylic acid groups (broad SMARTS) is 1. The second-order valence-corrected chi connectivity index (χ2v) is 6.27. The number of benzene rings is 1. The first kappa shape index (κ1) is 16.3. The molecule has 0 amide bonds. The van der Waals surface area contributed by atoms with Crippen LogP contribution >= 0.6 is 0 Å². The molecule has 2 N–H and O–H groups in total. The number of hydrogen-bond donors (Lipinski definition) is 2. The number of carboxylic acids is 1. The molecule has 0 saturated heterocycles. The number of carbonyl (C=O) groups is 2. The summed E-state index contributed by atoms with van der Waals surface area (Å²) in [6.45, 7) is 2.96. The summed E-state index contributed by atoms with van der Waals surface area (Å²) in [6, 6.07) is 5.58. The van der Waals surface area contributed by atoms with E-state index in [1.807, 2.05) is 0 Å². The molecule has 0 spiro atoms. The highest BCUT2D eigenvalue weighted by molar-refractivity contribution is 7.89. The monoisotopic (exact) mass is 299 g/mol. The van der Waals surface area contributed by atoms with Gasteiger partial charge in [0.15, 0.2) is 5.78 Å². The van der Waals surface area contributed by atoms with E-state index in [1.165, 1.54) is 38.1 Å². The molecule has 0 heterocycles. The number of rotatable bonds is 7. The summed E-state index contributed by atoms with van der Waals surface area (Å²) in [5, 5.41) is 8.70. The zero-order valence-corrected chi connectivity index (χ0v) is 12.1. The third kappa shape index (κ3) is 4.43. The van der Waals surface area contributed by atoms with Gasteiger partial charge in [-0.15, -0.1) is 0 Å². The quantitative estimate of drug-likeness (QED) is 0.739. The van der Waals surface area contributed by atoms with Crippen molar-refractivity contribution < 1.29 is 23.1 Å². The summed E-state index contributed by atoms with van der Waals surface area (Å²) in [4.78, 5) is 21.8. The minimum atomic E-state index is -3.68. The lowest BCUT2D eigenvalue weighted by Crippen LogP contribution is -2.27. The van der Waals surface area contributed by atoms with Gasteiger partial charge < -0.3 is 5.11 Å². The van der Waals surface area contributed by atoms with Crippen molar-refractivity contribution in [1.29, 1.82) is 0 Å². The van der Waals surface area contributed by atoms with Crippen LogP contribution in [0.1, 0.15) is 30.6 Å². The number of nitrogens with one attached hydrogen (secondary N) is 1. The van der Waals surface area contributed by atoms with Crippen LogP contribution < -0.4 is 4.72 Å². The first-order valence-electron chi connectivity index (χ1n) is 6.07. The molecule has 0 aromatic heterocycles. The van der Waals surface area contributed by atoms with E-state index < -0.39 is 21.9 Å². The van der Waals surface area contributed by atoms with Crippen LogP contribution in [0.25, 0.3) is 0 Å². The highest BCUT2D eigenvalue weighted by Gasteiger charge is 2.16. The standard InChI is InChI=1S/C13H17NO5S/c1-9(13(16)17)7-8-14-20(18,19)12-5-3-11(4-6-12)10(2)15/h3-6,9,14H,7-8H2,1-2H3,(H,16,17). The number of ketones is 1. The molecule has 1 rings (SSSR count).